The normalized spacial score (nSPS) is 11.8. The van der Waals surface area contributed by atoms with Gasteiger partial charge >= 0.3 is 0 Å². The minimum absolute atomic E-state index is 0.0239. The van der Waals surface area contributed by atoms with Crippen LogP contribution < -0.4 is 11.1 Å². The Morgan fingerprint density at radius 3 is 2.73 bits per heavy atom. The Labute approximate surface area is 169 Å². The number of nitrogens with one attached hydrogen (secondary N) is 1. The van der Waals surface area contributed by atoms with Gasteiger partial charge in [-0.15, -0.1) is 6.58 Å². The molecule has 10 heteroatoms. The third-order valence-corrected chi connectivity index (χ3v) is 4.33. The smallest absolute Gasteiger partial charge is 0.222 e. The molecule has 3 aromatic heterocycles. The molecule has 0 amide bonds. The van der Waals surface area contributed by atoms with Crippen molar-refractivity contribution in [3.63, 3.8) is 0 Å². The van der Waals surface area contributed by atoms with Crippen LogP contribution in [-0.2, 0) is 0 Å². The number of nitrogens with zero attached hydrogens (tertiary/aromatic N) is 6. The van der Waals surface area contributed by atoms with Gasteiger partial charge in [0.05, 0.1) is 35.3 Å². The van der Waals surface area contributed by atoms with E-state index in [0.717, 1.165) is 6.20 Å². The Kier molecular flexibility index (Phi) is 4.77. The number of anilines is 2. The molecule has 0 fully saturated rings. The molecular weight excluding hydrogens is 390 g/mol. The number of pyridine rings is 1. The number of rotatable bonds is 5. The van der Waals surface area contributed by atoms with Crippen molar-refractivity contribution >= 4 is 22.8 Å². The van der Waals surface area contributed by atoms with Crippen molar-refractivity contribution < 1.29 is 8.78 Å². The van der Waals surface area contributed by atoms with E-state index < -0.39 is 17.7 Å². The first kappa shape index (κ1) is 18.9. The van der Waals surface area contributed by atoms with Crippen LogP contribution in [0.5, 0.6) is 0 Å². The molecule has 1 unspecified atom stereocenters. The molecule has 0 spiro atoms. The molecule has 0 saturated heterocycles. The van der Waals surface area contributed by atoms with Gasteiger partial charge in [-0.3, -0.25) is 9.55 Å². The predicted molar refractivity (Wildman–Crippen MR) is 107 cm³/mol. The van der Waals surface area contributed by atoms with Crippen LogP contribution >= 0.6 is 0 Å². The molecule has 0 saturated carbocycles. The van der Waals surface area contributed by atoms with Crippen LogP contribution in [0.3, 0.4) is 0 Å². The maximum atomic E-state index is 14.0. The summed E-state index contributed by atoms with van der Waals surface area (Å²) >= 11 is 0. The minimum atomic E-state index is -0.690. The Morgan fingerprint density at radius 1 is 1.17 bits per heavy atom. The zero-order valence-electron chi connectivity index (χ0n) is 15.4. The highest BCUT2D eigenvalue weighted by Crippen LogP contribution is 2.29. The number of imidazole rings is 1. The van der Waals surface area contributed by atoms with Gasteiger partial charge in [0.2, 0.25) is 5.95 Å². The number of nitriles is 1. The highest BCUT2D eigenvalue weighted by atomic mass is 19.1. The molecule has 0 aliphatic rings. The van der Waals surface area contributed by atoms with E-state index in [1.807, 2.05) is 6.07 Å². The minimum Gasteiger partial charge on any atom is -0.368 e. The first-order valence-electron chi connectivity index (χ1n) is 8.70. The van der Waals surface area contributed by atoms with E-state index in [1.54, 1.807) is 4.57 Å². The Balaban J connectivity index is 1.91. The van der Waals surface area contributed by atoms with Crippen LogP contribution in [-0.4, -0.2) is 24.5 Å². The quantitative estimate of drug-likeness (QED) is 0.490. The number of hydrogen-bond acceptors (Lipinski definition) is 7. The van der Waals surface area contributed by atoms with Crippen LogP contribution in [0.15, 0.2) is 55.5 Å². The first-order valence-corrected chi connectivity index (χ1v) is 8.70. The van der Waals surface area contributed by atoms with Crippen molar-refractivity contribution in [1.29, 1.82) is 5.26 Å². The van der Waals surface area contributed by atoms with E-state index in [-0.39, 0.29) is 17.3 Å². The summed E-state index contributed by atoms with van der Waals surface area (Å²) in [5.74, 6) is -0.520. The highest BCUT2D eigenvalue weighted by molar-refractivity contribution is 5.78. The molecule has 4 aromatic rings. The van der Waals surface area contributed by atoms with Gasteiger partial charge in [-0.1, -0.05) is 6.08 Å². The molecule has 0 radical (unpaired) electrons. The molecule has 4 rings (SSSR count). The van der Waals surface area contributed by atoms with Crippen LogP contribution in [0.1, 0.15) is 17.4 Å². The molecule has 148 valence electrons. The van der Waals surface area contributed by atoms with Crippen molar-refractivity contribution in [2.75, 3.05) is 11.1 Å². The second kappa shape index (κ2) is 7.56. The average Bonchev–Trinajstić information content (AvgIpc) is 3.10. The zero-order chi connectivity index (χ0) is 21.3. The summed E-state index contributed by atoms with van der Waals surface area (Å²) < 4.78 is 29.4. The van der Waals surface area contributed by atoms with Crippen molar-refractivity contribution in [1.82, 2.24) is 24.5 Å². The summed E-state index contributed by atoms with van der Waals surface area (Å²) in [4.78, 5) is 16.3. The number of aromatic nitrogens is 5. The fourth-order valence-corrected chi connectivity index (χ4v) is 3.03. The summed E-state index contributed by atoms with van der Waals surface area (Å²) in [6, 6.07) is 6.63. The predicted octanol–water partition coefficient (Wildman–Crippen LogP) is 3.28. The Hall–Kier alpha value is -4.39. The van der Waals surface area contributed by atoms with Crippen molar-refractivity contribution in [3.8, 4) is 11.8 Å². The van der Waals surface area contributed by atoms with Gasteiger partial charge in [-0.2, -0.15) is 10.2 Å². The molecule has 0 aliphatic carbocycles. The topological polar surface area (TPSA) is 118 Å². The van der Waals surface area contributed by atoms with Gasteiger partial charge in [0.1, 0.15) is 41.0 Å². The van der Waals surface area contributed by atoms with Crippen LogP contribution in [0.2, 0.25) is 0 Å². The van der Waals surface area contributed by atoms with Crippen molar-refractivity contribution in [3.05, 3.63) is 78.5 Å². The number of benzene rings is 1. The third kappa shape index (κ3) is 3.40. The van der Waals surface area contributed by atoms with E-state index in [4.69, 9.17) is 5.73 Å². The second-order valence-electron chi connectivity index (χ2n) is 6.26. The van der Waals surface area contributed by atoms with Crippen LogP contribution in [0, 0.1) is 23.0 Å². The zero-order valence-corrected chi connectivity index (χ0v) is 15.4. The summed E-state index contributed by atoms with van der Waals surface area (Å²) in [7, 11) is 0. The molecule has 3 heterocycles. The SMILES string of the molecule is C=CC(Nc1nc(N)ncc1C#N)c1nc2ccc(F)cc2n1-c1cncc(F)c1. The lowest BCUT2D eigenvalue weighted by molar-refractivity contribution is 0.619. The molecule has 1 aromatic carbocycles. The van der Waals surface area contributed by atoms with Crippen LogP contribution in [0.25, 0.3) is 16.7 Å². The highest BCUT2D eigenvalue weighted by Gasteiger charge is 2.22. The second-order valence-corrected chi connectivity index (χ2v) is 6.26. The molecule has 1 atom stereocenters. The monoisotopic (exact) mass is 404 g/mol. The van der Waals surface area contributed by atoms with Gasteiger partial charge < -0.3 is 11.1 Å². The van der Waals surface area contributed by atoms with Gasteiger partial charge in [-0.25, -0.2) is 18.7 Å². The summed E-state index contributed by atoms with van der Waals surface area (Å²) in [6.07, 6.45) is 5.32. The number of nitrogens with two attached hydrogens (primary N) is 1. The third-order valence-electron chi connectivity index (χ3n) is 4.33. The fourth-order valence-electron chi connectivity index (χ4n) is 3.03. The van der Waals surface area contributed by atoms with E-state index in [9.17, 15) is 14.0 Å². The Morgan fingerprint density at radius 2 is 2.00 bits per heavy atom. The van der Waals surface area contributed by atoms with E-state index in [2.05, 4.69) is 31.8 Å². The maximum absolute atomic E-state index is 14.0. The fraction of sp³-hybridized carbons (Fsp3) is 0.0500. The summed E-state index contributed by atoms with van der Waals surface area (Å²) in [5, 5.41) is 12.4. The number of hydrogen-bond donors (Lipinski definition) is 2. The molecule has 0 aliphatic heterocycles. The van der Waals surface area contributed by atoms with Crippen LogP contribution in [0.4, 0.5) is 20.5 Å². The number of halogens is 2. The standard InChI is InChI=1S/C20H14F2N8/c1-2-15(27-18-11(7-23)8-26-20(24)29-18)19-28-16-4-3-12(21)6-17(16)30(19)14-5-13(22)9-25-10-14/h2-6,8-10,15H,1H2,(H3,24,26,27,29). The molecule has 8 nitrogen and oxygen atoms in total. The van der Waals surface area contributed by atoms with Gasteiger partial charge in [0, 0.05) is 12.1 Å². The van der Waals surface area contributed by atoms with E-state index >= 15 is 0 Å². The lowest BCUT2D eigenvalue weighted by Gasteiger charge is -2.18. The summed E-state index contributed by atoms with van der Waals surface area (Å²) in [6.45, 7) is 3.81. The van der Waals surface area contributed by atoms with Gasteiger partial charge in [-0.05, 0) is 12.1 Å². The largest absolute Gasteiger partial charge is 0.368 e. The van der Waals surface area contributed by atoms with Gasteiger partial charge in [0.25, 0.3) is 0 Å². The molecule has 30 heavy (non-hydrogen) atoms. The first-order chi connectivity index (χ1) is 14.5. The average molecular weight is 404 g/mol. The Bertz CT molecular complexity index is 1310. The van der Waals surface area contributed by atoms with Gasteiger partial charge in [0.15, 0.2) is 0 Å². The number of nitrogen functional groups attached to an aromatic ring is 1. The van der Waals surface area contributed by atoms with Crippen molar-refractivity contribution in [2.45, 2.75) is 6.04 Å². The van der Waals surface area contributed by atoms with E-state index in [0.29, 0.717) is 22.5 Å². The lowest BCUT2D eigenvalue weighted by Crippen LogP contribution is -2.16. The van der Waals surface area contributed by atoms with E-state index in [1.165, 1.54) is 42.7 Å². The van der Waals surface area contributed by atoms with Crippen molar-refractivity contribution in [2.24, 2.45) is 0 Å². The lowest BCUT2D eigenvalue weighted by atomic mass is 10.2. The maximum Gasteiger partial charge on any atom is 0.222 e. The summed E-state index contributed by atoms with van der Waals surface area (Å²) in [5.41, 5.74) is 7.04. The molecule has 3 N–H and O–H groups in total. The number of fused-ring (bicyclic) bond motifs is 1. The molecular formula is C20H14F2N8. The molecule has 0 bridgehead atoms.